The van der Waals surface area contributed by atoms with Crippen molar-refractivity contribution in [2.75, 3.05) is 40.1 Å². The molecular weight excluding hydrogens is 1360 g/mol. The molecule has 3 N–H and O–H groups in total. The van der Waals surface area contributed by atoms with Gasteiger partial charge in [-0.05, 0) is 153 Å². The summed E-state index contributed by atoms with van der Waals surface area (Å²) in [6, 6.07) is 22.3. The number of pyridine rings is 3. The maximum atomic E-state index is 14.7. The van der Waals surface area contributed by atoms with E-state index in [0.29, 0.717) is 53.4 Å². The zero-order valence-corrected chi connectivity index (χ0v) is 58.7. The number of carboxylic acids is 1. The third-order valence-corrected chi connectivity index (χ3v) is 20.1. The summed E-state index contributed by atoms with van der Waals surface area (Å²) in [7, 11) is 2.84. The summed E-state index contributed by atoms with van der Waals surface area (Å²) in [4.78, 5) is 52.0. The van der Waals surface area contributed by atoms with Crippen LogP contribution in [-0.2, 0) is 49.8 Å². The van der Waals surface area contributed by atoms with Gasteiger partial charge in [-0.2, -0.15) is 0 Å². The lowest BCUT2D eigenvalue weighted by atomic mass is 10.1. The molecule has 9 aromatic heterocycles. The van der Waals surface area contributed by atoms with Crippen LogP contribution in [0.25, 0.3) is 16.9 Å². The van der Waals surface area contributed by atoms with Crippen molar-refractivity contribution in [3.05, 3.63) is 214 Å². The van der Waals surface area contributed by atoms with Crippen LogP contribution in [-0.4, -0.2) is 140 Å². The van der Waals surface area contributed by atoms with Gasteiger partial charge in [0.2, 0.25) is 0 Å². The topological polar surface area (TPSA) is 286 Å². The lowest BCUT2D eigenvalue weighted by molar-refractivity contribution is 0.0689. The third-order valence-electron chi connectivity index (χ3n) is 17.4. The van der Waals surface area contributed by atoms with Gasteiger partial charge in [0.1, 0.15) is 28.3 Å². The first-order valence-corrected chi connectivity index (χ1v) is 36.5. The highest BCUT2D eigenvalue weighted by Gasteiger charge is 2.27. The molecule has 1 unspecified atom stereocenters. The average molecular weight is 1430 g/mol. The summed E-state index contributed by atoms with van der Waals surface area (Å²) in [6.45, 7) is 1.39. The second kappa shape index (κ2) is 31.7. The third kappa shape index (κ3) is 17.1. The molecular formula is C71H73F3N16O8S3. The molecule has 15 rings (SSSR count). The van der Waals surface area contributed by atoms with Gasteiger partial charge in [-0.25, -0.2) is 47.0 Å². The van der Waals surface area contributed by atoms with Gasteiger partial charge in [-0.3, -0.25) is 13.8 Å². The van der Waals surface area contributed by atoms with Gasteiger partial charge in [0, 0.05) is 94.2 Å². The first-order valence-electron chi connectivity index (χ1n) is 32.5. The van der Waals surface area contributed by atoms with Crippen molar-refractivity contribution in [3.8, 4) is 17.2 Å². The molecule has 1 atom stereocenters. The van der Waals surface area contributed by atoms with Crippen LogP contribution in [0.2, 0.25) is 0 Å². The number of aromatic carboxylic acids is 1. The molecule has 0 amide bonds. The summed E-state index contributed by atoms with van der Waals surface area (Å²) in [5.41, 5.74) is 16.2. The van der Waals surface area contributed by atoms with Gasteiger partial charge < -0.3 is 38.3 Å². The number of hydrogen-bond acceptors (Lipinski definition) is 19. The maximum absolute atomic E-state index is 14.7. The molecule has 0 radical (unpaired) electrons. The minimum atomic E-state index is -1.39. The molecule has 0 aliphatic heterocycles. The fourth-order valence-corrected chi connectivity index (χ4v) is 13.7. The van der Waals surface area contributed by atoms with E-state index >= 15 is 0 Å². The lowest BCUT2D eigenvalue weighted by Gasteiger charge is -2.11. The Kier molecular flexibility index (Phi) is 22.2. The van der Waals surface area contributed by atoms with E-state index in [9.17, 15) is 31.8 Å². The molecule has 24 nitrogen and oxygen atoms in total. The number of imidazole rings is 3. The van der Waals surface area contributed by atoms with Crippen LogP contribution in [0.4, 0.5) is 13.2 Å². The van der Waals surface area contributed by atoms with E-state index in [1.54, 1.807) is 40.0 Å². The number of nitrogens with two attached hydrogens (primary N) is 1. The molecule has 3 aliphatic carbocycles. The molecule has 3 aliphatic rings. The van der Waals surface area contributed by atoms with Crippen LogP contribution < -0.4 is 19.9 Å². The molecule has 0 bridgehead atoms. The van der Waals surface area contributed by atoms with Gasteiger partial charge in [-0.1, -0.05) is 33.8 Å². The Hall–Kier alpha value is -10.0. The zero-order chi connectivity index (χ0) is 71.0. The lowest BCUT2D eigenvalue weighted by Crippen LogP contribution is -2.07. The number of aromatic nitrogens is 15. The number of carbonyl (C=O) groups is 3. The molecule has 12 aromatic rings. The van der Waals surface area contributed by atoms with Gasteiger partial charge in [0.15, 0.2) is 52.0 Å². The Bertz CT molecular complexity index is 5040. The van der Waals surface area contributed by atoms with Crippen molar-refractivity contribution in [1.29, 1.82) is 0 Å². The van der Waals surface area contributed by atoms with Crippen LogP contribution in [0.5, 0.6) is 17.2 Å². The van der Waals surface area contributed by atoms with Crippen LogP contribution in [0.1, 0.15) is 151 Å². The van der Waals surface area contributed by atoms with E-state index < -0.39 is 28.4 Å². The first kappa shape index (κ1) is 70.8. The van der Waals surface area contributed by atoms with E-state index in [1.165, 1.54) is 123 Å². The Balaban J connectivity index is 0.000000134. The molecule has 3 saturated carbocycles. The van der Waals surface area contributed by atoms with Gasteiger partial charge in [0.25, 0.3) is 0 Å². The second-order valence-corrected chi connectivity index (χ2v) is 27.5. The Morgan fingerprint density at radius 2 is 0.861 bits per heavy atom. The fraction of sp³-hybridized carbons (Fsp3) is 0.324. The number of rotatable bonds is 25. The number of Topliss-reactive ketones (excluding diaryl/α,β-unsaturated/α-hetero) is 2. The number of benzene rings is 3. The Morgan fingerprint density at radius 3 is 1.22 bits per heavy atom. The summed E-state index contributed by atoms with van der Waals surface area (Å²) in [5.74, 6) is -0.364. The Morgan fingerprint density at radius 1 is 0.505 bits per heavy atom. The summed E-state index contributed by atoms with van der Waals surface area (Å²) >= 11 is 2.92. The number of nitrogens with zero attached hydrogens (tertiary/aromatic N) is 15. The van der Waals surface area contributed by atoms with E-state index in [2.05, 4.69) is 82.7 Å². The largest absolute Gasteiger partial charge is 0.494 e. The van der Waals surface area contributed by atoms with E-state index in [0.717, 1.165) is 43.8 Å². The number of carboxylic acid groups (broad SMARTS) is 1. The first-order chi connectivity index (χ1) is 48.9. The number of carbonyl (C=O) groups excluding carboxylic acids is 2. The zero-order valence-electron chi connectivity index (χ0n) is 56.2. The maximum Gasteiger partial charge on any atom is 0.358 e. The van der Waals surface area contributed by atoms with Crippen LogP contribution in [0, 0.1) is 17.5 Å². The quantitative estimate of drug-likeness (QED) is 0.0397. The van der Waals surface area contributed by atoms with E-state index in [4.69, 9.17) is 25.1 Å². The standard InChI is InChI=1S/C24H24FN5O3S.C24H24FN5O2S.C14H13N5O2.C9H12FNOS/c1-33-21-8-9-22(34(2)32)18(24(21)25)6-7-20(31)19-14-30(28-27-19)13-17-12-29-11-16(15-3-4-15)5-10-23(29)26-17;1-32-21-8-9-22(33-2)18(24(21)25)6-7-20(31)19-14-30(28-27-19)13-17-12-29-11-16(15-3-4-15)5-10-23(29)26-17;20-14(21)12-8-19(17-16-12)7-11-6-18-5-10(9-1-2-9)3-4-13(18)15-11;1-12-7-3-4-8(13-2)6(5-11)9(7)10/h5,8-12,14-15H,3-4,6-7,13H2,1-2H3;5,8-12,14-15H,3-4,6-7,13H2,1-2H3;3-6,8-9H,1-2,7H2,(H,20,21);3-4H,5,11H2,1-2H3. The second-order valence-electron chi connectivity index (χ2n) is 24.5. The van der Waals surface area contributed by atoms with Crippen LogP contribution >= 0.6 is 23.5 Å². The smallest absolute Gasteiger partial charge is 0.358 e. The molecule has 3 aromatic carbocycles. The highest BCUT2D eigenvalue weighted by molar-refractivity contribution is 7.98. The number of fused-ring (bicyclic) bond motifs is 3. The van der Waals surface area contributed by atoms with Crippen molar-refractivity contribution in [3.63, 3.8) is 0 Å². The fourth-order valence-electron chi connectivity index (χ4n) is 11.6. The summed E-state index contributed by atoms with van der Waals surface area (Å²) in [6.07, 6.45) is 30.1. The van der Waals surface area contributed by atoms with Crippen molar-refractivity contribution in [2.24, 2.45) is 5.73 Å². The minimum Gasteiger partial charge on any atom is -0.494 e. The number of ketones is 2. The van der Waals surface area contributed by atoms with Crippen LogP contribution in [0.15, 0.2) is 143 Å². The van der Waals surface area contributed by atoms with Crippen molar-refractivity contribution in [2.45, 2.75) is 123 Å². The molecule has 0 saturated heterocycles. The predicted octanol–water partition coefficient (Wildman–Crippen LogP) is 11.7. The molecule has 0 spiro atoms. The average Bonchev–Trinajstić information content (AvgIpc) is 1.50. The monoisotopic (exact) mass is 1430 g/mol. The summed E-state index contributed by atoms with van der Waals surface area (Å²) in [5, 5.41) is 32.4. The number of halogens is 3. The van der Waals surface area contributed by atoms with Gasteiger partial charge >= 0.3 is 5.97 Å². The molecule has 9 heterocycles. The molecule has 3 fully saturated rings. The minimum absolute atomic E-state index is 0.00525. The van der Waals surface area contributed by atoms with Crippen LogP contribution in [0.3, 0.4) is 0 Å². The predicted molar refractivity (Wildman–Crippen MR) is 374 cm³/mol. The molecule has 101 heavy (non-hydrogen) atoms. The van der Waals surface area contributed by atoms with Gasteiger partial charge in [0.05, 0.1) is 87.4 Å². The number of ether oxygens (including phenoxy) is 3. The molecule has 524 valence electrons. The van der Waals surface area contributed by atoms with Gasteiger partial charge in [-0.15, -0.1) is 38.8 Å². The highest BCUT2D eigenvalue weighted by atomic mass is 32.2. The van der Waals surface area contributed by atoms with E-state index in [1.807, 2.05) is 74.6 Å². The summed E-state index contributed by atoms with van der Waals surface area (Å²) < 4.78 is 80.6. The van der Waals surface area contributed by atoms with E-state index in [-0.39, 0.29) is 89.5 Å². The number of hydrogen-bond donors (Lipinski definition) is 2. The number of thioether (sulfide) groups is 2. The SMILES string of the molecule is COc1ccc(S(C)=O)c(CCC(=O)c2cn(Cc3cn4cc(C5CC5)ccc4n3)nn2)c1F.COc1ccc(SC)c(CCC(=O)c2cn(Cc3cn4cc(C5CC5)ccc4n3)nn2)c1F.COc1ccc(SC)c(CN)c1F.O=C(O)c1cn(Cc2cn3cc(C4CC4)ccc3n2)nn1. The number of methoxy groups -OCH3 is 3. The Labute approximate surface area is 589 Å². The normalized spacial score (nSPS) is 13.6. The van der Waals surface area contributed by atoms with Crippen molar-refractivity contribution >= 4 is 68.8 Å². The van der Waals surface area contributed by atoms with Crippen molar-refractivity contribution in [1.82, 2.24) is 73.1 Å². The molecule has 30 heteroatoms. The van der Waals surface area contributed by atoms with Crippen molar-refractivity contribution < 1.29 is 51.1 Å². The highest BCUT2D eigenvalue weighted by Crippen LogP contribution is 2.42.